The maximum Gasteiger partial charge on any atom is 0.121 e. The van der Waals surface area contributed by atoms with Gasteiger partial charge in [0.1, 0.15) is 11.5 Å². The monoisotopic (exact) mass is 440 g/mol. The van der Waals surface area contributed by atoms with Crippen molar-refractivity contribution >= 4 is 46.4 Å². The van der Waals surface area contributed by atoms with E-state index in [2.05, 4.69) is 0 Å². The summed E-state index contributed by atoms with van der Waals surface area (Å²) in [4.78, 5) is 0. The predicted octanol–water partition coefficient (Wildman–Crippen LogP) is 6.86. The van der Waals surface area contributed by atoms with E-state index in [-0.39, 0.29) is 11.1 Å². The molecule has 26 heavy (non-hydrogen) atoms. The molecule has 0 amide bonds. The van der Waals surface area contributed by atoms with Gasteiger partial charge in [0.15, 0.2) is 0 Å². The van der Waals surface area contributed by atoms with Gasteiger partial charge in [-0.25, -0.2) is 0 Å². The van der Waals surface area contributed by atoms with Crippen LogP contribution in [-0.4, -0.2) is 20.7 Å². The molecule has 0 radical (unpaired) electrons. The zero-order chi connectivity index (χ0) is 20.5. The Morgan fingerprint density at radius 2 is 1.31 bits per heavy atom. The van der Waals surface area contributed by atoms with Gasteiger partial charge in [-0.1, -0.05) is 37.0 Å². The fourth-order valence-electron chi connectivity index (χ4n) is 1.99. The van der Waals surface area contributed by atoms with Gasteiger partial charge < -0.3 is 15.3 Å². The molecule has 0 spiro atoms. The number of aliphatic hydroxyl groups is 1. The first kappa shape index (κ1) is 25.2. The number of hydrogen-bond donors (Lipinski definition) is 3. The van der Waals surface area contributed by atoms with Crippen molar-refractivity contribution < 1.29 is 15.3 Å². The van der Waals surface area contributed by atoms with Crippen LogP contribution in [0.2, 0.25) is 10.0 Å². The number of phenols is 2. The molecule has 0 saturated carbocycles. The van der Waals surface area contributed by atoms with E-state index in [1.165, 1.54) is 6.07 Å². The summed E-state index contributed by atoms with van der Waals surface area (Å²) in [6.45, 7) is 7.23. The third kappa shape index (κ3) is 9.20. The van der Waals surface area contributed by atoms with Gasteiger partial charge >= 0.3 is 0 Å². The van der Waals surface area contributed by atoms with E-state index < -0.39 is 5.60 Å². The van der Waals surface area contributed by atoms with Crippen molar-refractivity contribution in [2.45, 2.75) is 39.2 Å². The van der Waals surface area contributed by atoms with Crippen molar-refractivity contribution in [2.24, 2.45) is 0 Å². The third-order valence-corrected chi connectivity index (χ3v) is 3.70. The Balaban J connectivity index is 0.000000419. The van der Waals surface area contributed by atoms with Crippen LogP contribution in [0.1, 0.15) is 44.7 Å². The first-order chi connectivity index (χ1) is 11.9. The zero-order valence-corrected chi connectivity index (χ0v) is 18.1. The van der Waals surface area contributed by atoms with Gasteiger partial charge in [0.25, 0.3) is 0 Å². The van der Waals surface area contributed by atoms with Gasteiger partial charge in [-0.05, 0) is 61.7 Å². The van der Waals surface area contributed by atoms with Crippen LogP contribution in [-0.2, 0) is 5.60 Å². The highest BCUT2D eigenvalue weighted by atomic mass is 35.5. The maximum atomic E-state index is 9.58. The summed E-state index contributed by atoms with van der Waals surface area (Å²) in [6.07, 6.45) is 0. The minimum Gasteiger partial charge on any atom is -0.508 e. The molecule has 0 fully saturated rings. The fourth-order valence-corrected chi connectivity index (χ4v) is 2.34. The molecular formula is C19H24Cl4O3. The standard InChI is InChI=1S/C9H11ClO2.C9H11ClO.CH2Cl2/c1-9(2,12)7-5-6(10)3-4-8(7)11;1-6(2)8-5-7(10)3-4-9(8)11;2-1-3/h3-5,11-12H,1-2H3;3-6,11H,1-2H3;1H2. The minimum atomic E-state index is -1.06. The molecule has 2 aromatic rings. The van der Waals surface area contributed by atoms with Crippen molar-refractivity contribution in [2.75, 3.05) is 5.34 Å². The van der Waals surface area contributed by atoms with E-state index >= 15 is 0 Å². The average molecular weight is 442 g/mol. The maximum absolute atomic E-state index is 9.58. The van der Waals surface area contributed by atoms with Gasteiger partial charge in [-0.2, -0.15) is 0 Å². The molecule has 3 N–H and O–H groups in total. The summed E-state index contributed by atoms with van der Waals surface area (Å²) in [5.41, 5.74) is 0.280. The summed E-state index contributed by atoms with van der Waals surface area (Å²) in [5, 5.41) is 29.6. The van der Waals surface area contributed by atoms with Crippen LogP contribution in [0.5, 0.6) is 11.5 Å². The molecule has 0 aliphatic heterocycles. The van der Waals surface area contributed by atoms with E-state index in [4.69, 9.17) is 46.4 Å². The van der Waals surface area contributed by atoms with E-state index in [0.29, 0.717) is 27.3 Å². The Labute approximate surface area is 175 Å². The summed E-state index contributed by atoms with van der Waals surface area (Å²) in [6, 6.07) is 9.70. The molecule has 0 bridgehead atoms. The Morgan fingerprint density at radius 1 is 0.885 bits per heavy atom. The smallest absolute Gasteiger partial charge is 0.121 e. The summed E-state index contributed by atoms with van der Waals surface area (Å²) < 4.78 is 0. The largest absolute Gasteiger partial charge is 0.508 e. The first-order valence-corrected chi connectivity index (χ1v) is 9.58. The number of halogens is 4. The molecular weight excluding hydrogens is 418 g/mol. The number of aromatic hydroxyl groups is 2. The minimum absolute atomic E-state index is 0.0619. The lowest BCUT2D eigenvalue weighted by Crippen LogP contribution is -2.15. The first-order valence-electron chi connectivity index (χ1n) is 7.75. The van der Waals surface area contributed by atoms with Crippen molar-refractivity contribution in [1.29, 1.82) is 0 Å². The number of benzene rings is 2. The SMILES string of the molecule is CC(C)(O)c1cc(Cl)ccc1O.CC(C)c1cc(Cl)ccc1O.ClCCl. The van der Waals surface area contributed by atoms with Gasteiger partial charge in [-0.3, -0.25) is 0 Å². The molecule has 2 aromatic carbocycles. The second kappa shape index (κ2) is 11.8. The molecule has 3 nitrogen and oxygen atoms in total. The van der Waals surface area contributed by atoms with Crippen LogP contribution < -0.4 is 0 Å². The summed E-state index contributed by atoms with van der Waals surface area (Å²) in [7, 11) is 0. The third-order valence-electron chi connectivity index (χ3n) is 3.23. The van der Waals surface area contributed by atoms with Gasteiger partial charge in [0.2, 0.25) is 0 Å². The van der Waals surface area contributed by atoms with Gasteiger partial charge in [0.05, 0.1) is 10.9 Å². The quantitative estimate of drug-likeness (QED) is 0.445. The van der Waals surface area contributed by atoms with Gasteiger partial charge in [0, 0.05) is 15.6 Å². The molecule has 0 aliphatic rings. The van der Waals surface area contributed by atoms with Crippen molar-refractivity contribution in [3.63, 3.8) is 0 Å². The van der Waals surface area contributed by atoms with E-state index in [1.807, 2.05) is 13.8 Å². The molecule has 7 heteroatoms. The Kier molecular flexibility index (Phi) is 11.4. The number of hydrogen-bond acceptors (Lipinski definition) is 3. The second-order valence-corrected chi connectivity index (χ2v) is 7.86. The van der Waals surface area contributed by atoms with Crippen LogP contribution in [0.4, 0.5) is 0 Å². The molecule has 0 unspecified atom stereocenters. The van der Waals surface area contributed by atoms with Crippen molar-refractivity contribution in [3.05, 3.63) is 57.6 Å². The number of rotatable bonds is 2. The zero-order valence-electron chi connectivity index (χ0n) is 15.1. The highest BCUT2D eigenvalue weighted by Crippen LogP contribution is 2.30. The summed E-state index contributed by atoms with van der Waals surface area (Å²) >= 11 is 21.0. The van der Waals surface area contributed by atoms with E-state index in [0.717, 1.165) is 5.56 Å². The Bertz CT molecular complexity index is 683. The molecule has 0 aromatic heterocycles. The topological polar surface area (TPSA) is 60.7 Å². The van der Waals surface area contributed by atoms with Crippen molar-refractivity contribution in [1.82, 2.24) is 0 Å². The van der Waals surface area contributed by atoms with Crippen molar-refractivity contribution in [3.8, 4) is 11.5 Å². The molecule has 0 aliphatic carbocycles. The predicted molar refractivity (Wildman–Crippen MR) is 112 cm³/mol. The van der Waals surface area contributed by atoms with Crippen LogP contribution >= 0.6 is 46.4 Å². The lowest BCUT2D eigenvalue weighted by molar-refractivity contribution is 0.0758. The van der Waals surface area contributed by atoms with Crippen LogP contribution in [0.3, 0.4) is 0 Å². The van der Waals surface area contributed by atoms with E-state index in [9.17, 15) is 15.3 Å². The van der Waals surface area contributed by atoms with Crippen LogP contribution in [0.25, 0.3) is 0 Å². The lowest BCUT2D eigenvalue weighted by Gasteiger charge is -2.18. The highest BCUT2D eigenvalue weighted by molar-refractivity contribution is 6.40. The molecule has 146 valence electrons. The molecule has 0 heterocycles. The Morgan fingerprint density at radius 3 is 1.65 bits per heavy atom. The molecule has 0 atom stereocenters. The fraction of sp³-hybridized carbons (Fsp3) is 0.368. The van der Waals surface area contributed by atoms with Crippen LogP contribution in [0.15, 0.2) is 36.4 Å². The highest BCUT2D eigenvalue weighted by Gasteiger charge is 2.19. The Hall–Kier alpha value is -0.840. The average Bonchev–Trinajstić information content (AvgIpc) is 2.52. The summed E-state index contributed by atoms with van der Waals surface area (Å²) in [5.74, 6) is 0.699. The van der Waals surface area contributed by atoms with Crippen LogP contribution in [0, 0.1) is 0 Å². The number of alkyl halides is 2. The number of phenolic OH excluding ortho intramolecular Hbond substituents is 2. The van der Waals surface area contributed by atoms with E-state index in [1.54, 1.807) is 44.2 Å². The lowest BCUT2D eigenvalue weighted by atomic mass is 9.98. The molecule has 2 rings (SSSR count). The normalized spacial score (nSPS) is 10.5. The molecule has 0 saturated heterocycles. The second-order valence-electron chi connectivity index (χ2n) is 6.18. The van der Waals surface area contributed by atoms with Gasteiger partial charge in [-0.15, -0.1) is 23.2 Å².